The quantitative estimate of drug-likeness (QED) is 0.858. The van der Waals surface area contributed by atoms with Gasteiger partial charge >= 0.3 is 0 Å². The van der Waals surface area contributed by atoms with Crippen LogP contribution in [0.1, 0.15) is 32.3 Å². The van der Waals surface area contributed by atoms with Gasteiger partial charge in [-0.15, -0.1) is 0 Å². The number of anilines is 1. The second-order valence-corrected chi connectivity index (χ2v) is 4.86. The molecule has 0 radical (unpaired) electrons. The summed E-state index contributed by atoms with van der Waals surface area (Å²) in [6.45, 7) is 7.83. The molecule has 1 aliphatic heterocycles. The minimum absolute atomic E-state index is 0.666. The Morgan fingerprint density at radius 3 is 2.65 bits per heavy atom. The minimum Gasteiger partial charge on any atom is -0.370 e. The molecule has 1 heterocycles. The van der Waals surface area contributed by atoms with Crippen LogP contribution in [0.5, 0.6) is 0 Å². The number of nitrogens with one attached hydrogen (secondary N) is 1. The molecule has 1 unspecified atom stereocenters. The van der Waals surface area contributed by atoms with Gasteiger partial charge < -0.3 is 10.2 Å². The highest BCUT2D eigenvalue weighted by Crippen LogP contribution is 2.20. The Kier molecular flexibility index (Phi) is 4.43. The first-order valence-corrected chi connectivity index (χ1v) is 6.90. The molecule has 1 aromatic carbocycles. The van der Waals surface area contributed by atoms with Gasteiger partial charge in [0.05, 0.1) is 0 Å². The SMILES string of the molecule is CCNC1CCCN(c2ccc(CC)cc2)C1. The molecule has 0 bridgehead atoms. The Bertz CT molecular complexity index is 329. The van der Waals surface area contributed by atoms with E-state index in [0.29, 0.717) is 6.04 Å². The zero-order valence-electron chi connectivity index (χ0n) is 11.1. The lowest BCUT2D eigenvalue weighted by molar-refractivity contribution is 0.431. The summed E-state index contributed by atoms with van der Waals surface area (Å²) in [5, 5.41) is 3.57. The van der Waals surface area contributed by atoms with Crippen molar-refractivity contribution >= 4 is 5.69 Å². The van der Waals surface area contributed by atoms with Gasteiger partial charge in [0.15, 0.2) is 0 Å². The van der Waals surface area contributed by atoms with Gasteiger partial charge in [0.2, 0.25) is 0 Å². The number of rotatable bonds is 4. The molecular weight excluding hydrogens is 208 g/mol. The fourth-order valence-corrected chi connectivity index (χ4v) is 2.61. The van der Waals surface area contributed by atoms with E-state index in [-0.39, 0.29) is 0 Å². The van der Waals surface area contributed by atoms with Gasteiger partial charge in [0, 0.05) is 24.8 Å². The Labute approximate surface area is 105 Å². The first-order chi connectivity index (χ1) is 8.33. The summed E-state index contributed by atoms with van der Waals surface area (Å²) >= 11 is 0. The Morgan fingerprint density at radius 2 is 2.00 bits per heavy atom. The molecule has 0 aromatic heterocycles. The number of nitrogens with zero attached hydrogens (tertiary/aromatic N) is 1. The maximum absolute atomic E-state index is 3.57. The summed E-state index contributed by atoms with van der Waals surface area (Å²) in [5.74, 6) is 0. The summed E-state index contributed by atoms with van der Waals surface area (Å²) in [4.78, 5) is 2.51. The third kappa shape index (κ3) is 3.22. The van der Waals surface area contributed by atoms with Crippen LogP contribution in [0.3, 0.4) is 0 Å². The van der Waals surface area contributed by atoms with E-state index < -0.39 is 0 Å². The van der Waals surface area contributed by atoms with Crippen molar-refractivity contribution in [1.82, 2.24) is 5.32 Å². The van der Waals surface area contributed by atoms with E-state index in [1.54, 1.807) is 0 Å². The van der Waals surface area contributed by atoms with Gasteiger partial charge in [-0.05, 0) is 43.5 Å². The molecule has 1 aliphatic rings. The Morgan fingerprint density at radius 1 is 1.24 bits per heavy atom. The first-order valence-electron chi connectivity index (χ1n) is 6.90. The van der Waals surface area contributed by atoms with E-state index in [0.717, 1.165) is 19.5 Å². The van der Waals surface area contributed by atoms with Crippen LogP contribution in [-0.2, 0) is 6.42 Å². The van der Waals surface area contributed by atoms with Gasteiger partial charge in [-0.2, -0.15) is 0 Å². The maximum Gasteiger partial charge on any atom is 0.0366 e. The van der Waals surface area contributed by atoms with Gasteiger partial charge in [-0.3, -0.25) is 0 Å². The minimum atomic E-state index is 0.666. The van der Waals surface area contributed by atoms with E-state index >= 15 is 0 Å². The topological polar surface area (TPSA) is 15.3 Å². The average molecular weight is 232 g/mol. The molecule has 1 N–H and O–H groups in total. The molecule has 0 aliphatic carbocycles. The summed E-state index contributed by atoms with van der Waals surface area (Å²) in [7, 11) is 0. The smallest absolute Gasteiger partial charge is 0.0366 e. The zero-order chi connectivity index (χ0) is 12.1. The fourth-order valence-electron chi connectivity index (χ4n) is 2.61. The highest BCUT2D eigenvalue weighted by atomic mass is 15.2. The molecule has 0 amide bonds. The van der Waals surface area contributed by atoms with Crippen molar-refractivity contribution in [3.8, 4) is 0 Å². The second-order valence-electron chi connectivity index (χ2n) is 4.86. The third-order valence-electron chi connectivity index (χ3n) is 3.62. The molecule has 1 saturated heterocycles. The Balaban J connectivity index is 2.00. The van der Waals surface area contributed by atoms with Gasteiger partial charge in [0.1, 0.15) is 0 Å². The van der Waals surface area contributed by atoms with Gasteiger partial charge in [0.25, 0.3) is 0 Å². The molecule has 1 atom stereocenters. The molecule has 1 fully saturated rings. The van der Waals surface area contributed by atoms with E-state index in [9.17, 15) is 0 Å². The van der Waals surface area contributed by atoms with Crippen LogP contribution in [0.4, 0.5) is 5.69 Å². The number of benzene rings is 1. The first kappa shape index (κ1) is 12.4. The molecule has 1 aromatic rings. The predicted octanol–water partition coefficient (Wildman–Crippen LogP) is 2.83. The average Bonchev–Trinajstić information content (AvgIpc) is 2.40. The van der Waals surface area contributed by atoms with E-state index in [1.807, 2.05) is 0 Å². The predicted molar refractivity (Wildman–Crippen MR) is 74.7 cm³/mol. The number of hydrogen-bond donors (Lipinski definition) is 1. The lowest BCUT2D eigenvalue weighted by Gasteiger charge is -2.34. The van der Waals surface area contributed by atoms with E-state index in [4.69, 9.17) is 0 Å². The molecule has 94 valence electrons. The highest BCUT2D eigenvalue weighted by Gasteiger charge is 2.18. The summed E-state index contributed by atoms with van der Waals surface area (Å²) < 4.78 is 0. The zero-order valence-corrected chi connectivity index (χ0v) is 11.1. The van der Waals surface area contributed by atoms with Crippen LogP contribution >= 0.6 is 0 Å². The van der Waals surface area contributed by atoms with Crippen LogP contribution < -0.4 is 10.2 Å². The van der Waals surface area contributed by atoms with Crippen molar-refractivity contribution in [1.29, 1.82) is 0 Å². The molecule has 2 nitrogen and oxygen atoms in total. The monoisotopic (exact) mass is 232 g/mol. The molecule has 2 heteroatoms. The van der Waals surface area contributed by atoms with E-state index in [1.165, 1.54) is 30.6 Å². The van der Waals surface area contributed by atoms with Crippen molar-refractivity contribution < 1.29 is 0 Å². The number of hydrogen-bond acceptors (Lipinski definition) is 2. The van der Waals surface area contributed by atoms with Crippen LogP contribution in [0.2, 0.25) is 0 Å². The summed E-state index contributed by atoms with van der Waals surface area (Å²) in [6, 6.07) is 9.72. The number of aryl methyl sites for hydroxylation is 1. The van der Waals surface area contributed by atoms with Crippen molar-refractivity contribution in [2.45, 2.75) is 39.2 Å². The standard InChI is InChI=1S/C15H24N2/c1-3-13-7-9-15(10-8-13)17-11-5-6-14(12-17)16-4-2/h7-10,14,16H,3-6,11-12H2,1-2H3. The normalized spacial score (nSPS) is 20.6. The van der Waals surface area contributed by atoms with Crippen molar-refractivity contribution in [3.05, 3.63) is 29.8 Å². The molecular formula is C15H24N2. The third-order valence-corrected chi connectivity index (χ3v) is 3.62. The van der Waals surface area contributed by atoms with Crippen LogP contribution in [0.15, 0.2) is 24.3 Å². The maximum atomic E-state index is 3.57. The van der Waals surface area contributed by atoms with Crippen LogP contribution in [0, 0.1) is 0 Å². The van der Waals surface area contributed by atoms with E-state index in [2.05, 4.69) is 48.3 Å². The van der Waals surface area contributed by atoms with Gasteiger partial charge in [-0.1, -0.05) is 26.0 Å². The Hall–Kier alpha value is -1.02. The molecule has 2 rings (SSSR count). The summed E-state index contributed by atoms with van der Waals surface area (Å²) in [5.41, 5.74) is 2.80. The molecule has 0 saturated carbocycles. The lowest BCUT2D eigenvalue weighted by Crippen LogP contribution is -2.45. The molecule has 0 spiro atoms. The van der Waals surface area contributed by atoms with Crippen LogP contribution in [-0.4, -0.2) is 25.7 Å². The van der Waals surface area contributed by atoms with Crippen molar-refractivity contribution in [2.75, 3.05) is 24.5 Å². The number of likely N-dealkylation sites (N-methyl/N-ethyl adjacent to an activating group) is 1. The molecule has 17 heavy (non-hydrogen) atoms. The number of piperidine rings is 1. The second kappa shape index (κ2) is 6.06. The van der Waals surface area contributed by atoms with Crippen LogP contribution in [0.25, 0.3) is 0 Å². The largest absolute Gasteiger partial charge is 0.370 e. The summed E-state index contributed by atoms with van der Waals surface area (Å²) in [6.07, 6.45) is 3.74. The highest BCUT2D eigenvalue weighted by molar-refractivity contribution is 5.48. The fraction of sp³-hybridized carbons (Fsp3) is 0.600. The lowest BCUT2D eigenvalue weighted by atomic mass is 10.0. The van der Waals surface area contributed by atoms with Gasteiger partial charge in [-0.25, -0.2) is 0 Å². The van der Waals surface area contributed by atoms with Crippen molar-refractivity contribution in [2.24, 2.45) is 0 Å². The van der Waals surface area contributed by atoms with Crippen molar-refractivity contribution in [3.63, 3.8) is 0 Å².